The summed E-state index contributed by atoms with van der Waals surface area (Å²) in [5.74, 6) is 1.06. The smallest absolute Gasteiger partial charge is 0.169 e. The number of carbonyl (C=O) groups excluding carboxylic acids is 1. The molecule has 0 radical (unpaired) electrons. The van der Waals surface area contributed by atoms with Crippen molar-refractivity contribution in [3.8, 4) is 5.75 Å². The van der Waals surface area contributed by atoms with Gasteiger partial charge in [0, 0.05) is 11.0 Å². The predicted octanol–water partition coefficient (Wildman–Crippen LogP) is 4.61. The minimum absolute atomic E-state index is 0.117. The topological polar surface area (TPSA) is 26.3 Å². The highest BCUT2D eigenvalue weighted by Crippen LogP contribution is 2.44. The van der Waals surface area contributed by atoms with Crippen LogP contribution in [0.4, 0.5) is 0 Å². The second-order valence-electron chi connectivity index (χ2n) is 5.02. The summed E-state index contributed by atoms with van der Waals surface area (Å²) in [6.45, 7) is 2.13. The van der Waals surface area contributed by atoms with E-state index in [1.54, 1.807) is 7.11 Å². The van der Waals surface area contributed by atoms with Gasteiger partial charge in [0.25, 0.3) is 0 Å². The van der Waals surface area contributed by atoms with Crippen molar-refractivity contribution in [2.75, 3.05) is 7.11 Å². The van der Waals surface area contributed by atoms with Crippen LogP contribution in [0.15, 0.2) is 22.7 Å². The number of hydrogen-bond donors (Lipinski definition) is 0. The zero-order valence-electron chi connectivity index (χ0n) is 11.0. The first-order chi connectivity index (χ1) is 8.63. The Morgan fingerprint density at radius 2 is 2.06 bits per heavy atom. The zero-order chi connectivity index (χ0) is 13.2. The summed E-state index contributed by atoms with van der Waals surface area (Å²) in [6.07, 6.45) is 5.36. The van der Waals surface area contributed by atoms with Gasteiger partial charge < -0.3 is 4.74 Å². The van der Waals surface area contributed by atoms with Gasteiger partial charge in [-0.3, -0.25) is 4.79 Å². The molecule has 0 atom stereocenters. The summed E-state index contributed by atoms with van der Waals surface area (Å²) < 4.78 is 6.05. The van der Waals surface area contributed by atoms with Crippen LogP contribution in [0.2, 0.25) is 0 Å². The van der Waals surface area contributed by atoms with E-state index in [9.17, 15) is 4.79 Å². The molecule has 0 N–H and O–H groups in total. The van der Waals surface area contributed by atoms with Crippen LogP contribution in [0.3, 0.4) is 0 Å². The molecular formula is C15H19BrO2. The number of hydrogen-bond acceptors (Lipinski definition) is 2. The van der Waals surface area contributed by atoms with Crippen LogP contribution in [-0.2, 0) is 0 Å². The molecule has 1 aromatic carbocycles. The van der Waals surface area contributed by atoms with E-state index in [-0.39, 0.29) is 5.41 Å². The Balaban J connectivity index is 2.31. The first-order valence-electron chi connectivity index (χ1n) is 6.51. The Morgan fingerprint density at radius 3 is 2.56 bits per heavy atom. The highest BCUT2D eigenvalue weighted by atomic mass is 79.9. The highest BCUT2D eigenvalue weighted by molar-refractivity contribution is 9.10. The van der Waals surface area contributed by atoms with Crippen molar-refractivity contribution in [1.82, 2.24) is 0 Å². The molecule has 3 heteroatoms. The molecule has 0 bridgehead atoms. The average molecular weight is 311 g/mol. The van der Waals surface area contributed by atoms with Gasteiger partial charge in [0.15, 0.2) is 5.78 Å². The summed E-state index contributed by atoms with van der Waals surface area (Å²) in [5.41, 5.74) is 0.681. The Bertz CT molecular complexity index is 448. The maximum atomic E-state index is 12.7. The molecule has 0 heterocycles. The van der Waals surface area contributed by atoms with Crippen LogP contribution in [-0.4, -0.2) is 12.9 Å². The lowest BCUT2D eigenvalue weighted by molar-refractivity contribution is 0.0791. The zero-order valence-corrected chi connectivity index (χ0v) is 12.5. The molecule has 18 heavy (non-hydrogen) atoms. The molecule has 0 unspecified atom stereocenters. The SMILES string of the molecule is CCC1(C(=O)c2ccc(OC)c(Br)c2)CCCC1. The summed E-state index contributed by atoms with van der Waals surface area (Å²) in [6, 6.07) is 5.62. The second kappa shape index (κ2) is 5.43. The third-order valence-electron chi connectivity index (χ3n) is 4.13. The van der Waals surface area contributed by atoms with Gasteiger partial charge in [0.1, 0.15) is 5.75 Å². The Morgan fingerprint density at radius 1 is 1.39 bits per heavy atom. The van der Waals surface area contributed by atoms with E-state index in [2.05, 4.69) is 22.9 Å². The van der Waals surface area contributed by atoms with E-state index >= 15 is 0 Å². The summed E-state index contributed by atoms with van der Waals surface area (Å²) in [4.78, 5) is 12.7. The molecule has 2 rings (SSSR count). The second-order valence-corrected chi connectivity index (χ2v) is 5.87. The fraction of sp³-hybridized carbons (Fsp3) is 0.533. The normalized spacial score (nSPS) is 17.7. The van der Waals surface area contributed by atoms with Crippen molar-refractivity contribution in [1.29, 1.82) is 0 Å². The molecule has 1 aliphatic carbocycles. The van der Waals surface area contributed by atoms with E-state index in [1.165, 1.54) is 12.8 Å². The van der Waals surface area contributed by atoms with Crippen LogP contribution in [0.5, 0.6) is 5.75 Å². The number of methoxy groups -OCH3 is 1. The number of ether oxygens (including phenoxy) is 1. The van der Waals surface area contributed by atoms with Crippen LogP contribution < -0.4 is 4.74 Å². The largest absolute Gasteiger partial charge is 0.496 e. The van der Waals surface area contributed by atoms with Crippen molar-refractivity contribution in [3.63, 3.8) is 0 Å². The molecule has 1 fully saturated rings. The molecule has 2 nitrogen and oxygen atoms in total. The first kappa shape index (κ1) is 13.6. The standard InChI is InChI=1S/C15H19BrO2/c1-3-15(8-4-5-9-15)14(17)11-6-7-13(18-2)12(16)10-11/h6-7,10H,3-5,8-9H2,1-2H3. The van der Waals surface area contributed by atoms with Gasteiger partial charge in [0.05, 0.1) is 11.6 Å². The molecule has 0 aromatic heterocycles. The van der Waals surface area contributed by atoms with E-state index in [0.29, 0.717) is 5.78 Å². The molecule has 1 aliphatic rings. The van der Waals surface area contributed by atoms with Crippen molar-refractivity contribution in [2.45, 2.75) is 39.0 Å². The summed E-state index contributed by atoms with van der Waals surface area (Å²) in [5, 5.41) is 0. The van der Waals surface area contributed by atoms with E-state index < -0.39 is 0 Å². The Hall–Kier alpha value is -0.830. The molecule has 0 aliphatic heterocycles. The predicted molar refractivity (Wildman–Crippen MR) is 76.2 cm³/mol. The molecule has 1 aromatic rings. The first-order valence-corrected chi connectivity index (χ1v) is 7.30. The van der Waals surface area contributed by atoms with Crippen molar-refractivity contribution in [3.05, 3.63) is 28.2 Å². The number of ketones is 1. The van der Waals surface area contributed by atoms with Crippen LogP contribution in [0, 0.1) is 5.41 Å². The number of benzene rings is 1. The van der Waals surface area contributed by atoms with Gasteiger partial charge in [-0.2, -0.15) is 0 Å². The lowest BCUT2D eigenvalue weighted by atomic mass is 9.76. The lowest BCUT2D eigenvalue weighted by Gasteiger charge is -2.25. The van der Waals surface area contributed by atoms with Crippen molar-refractivity contribution >= 4 is 21.7 Å². The minimum Gasteiger partial charge on any atom is -0.496 e. The number of halogens is 1. The fourth-order valence-electron chi connectivity index (χ4n) is 2.91. The molecular weight excluding hydrogens is 292 g/mol. The van der Waals surface area contributed by atoms with E-state index in [0.717, 1.165) is 35.0 Å². The monoisotopic (exact) mass is 310 g/mol. The van der Waals surface area contributed by atoms with Crippen LogP contribution >= 0.6 is 15.9 Å². The molecule has 98 valence electrons. The highest BCUT2D eigenvalue weighted by Gasteiger charge is 2.39. The molecule has 0 saturated heterocycles. The van der Waals surface area contributed by atoms with Gasteiger partial charge in [-0.1, -0.05) is 19.8 Å². The van der Waals surface area contributed by atoms with Gasteiger partial charge in [-0.25, -0.2) is 0 Å². The fourth-order valence-corrected chi connectivity index (χ4v) is 3.45. The third-order valence-corrected chi connectivity index (χ3v) is 4.75. The maximum Gasteiger partial charge on any atom is 0.169 e. The van der Waals surface area contributed by atoms with Gasteiger partial charge in [-0.15, -0.1) is 0 Å². The van der Waals surface area contributed by atoms with E-state index in [4.69, 9.17) is 4.74 Å². The van der Waals surface area contributed by atoms with Gasteiger partial charge in [-0.05, 0) is 53.4 Å². The van der Waals surface area contributed by atoms with Crippen molar-refractivity contribution in [2.24, 2.45) is 5.41 Å². The van der Waals surface area contributed by atoms with E-state index in [1.807, 2.05) is 18.2 Å². The summed E-state index contributed by atoms with van der Waals surface area (Å²) in [7, 11) is 1.63. The van der Waals surface area contributed by atoms with Gasteiger partial charge >= 0.3 is 0 Å². The number of Topliss-reactive ketones (excluding diaryl/α,β-unsaturated/α-hetero) is 1. The number of rotatable bonds is 4. The molecule has 1 saturated carbocycles. The maximum absolute atomic E-state index is 12.7. The Labute approximate surface area is 117 Å². The minimum atomic E-state index is -0.117. The quantitative estimate of drug-likeness (QED) is 0.759. The van der Waals surface area contributed by atoms with Gasteiger partial charge in [0.2, 0.25) is 0 Å². The molecule has 0 amide bonds. The molecule has 0 spiro atoms. The average Bonchev–Trinajstić information content (AvgIpc) is 2.87. The Kier molecular flexibility index (Phi) is 4.10. The number of carbonyl (C=O) groups is 1. The summed E-state index contributed by atoms with van der Waals surface area (Å²) >= 11 is 3.45. The van der Waals surface area contributed by atoms with Crippen LogP contribution in [0.25, 0.3) is 0 Å². The third kappa shape index (κ3) is 2.33. The van der Waals surface area contributed by atoms with Crippen molar-refractivity contribution < 1.29 is 9.53 Å². The van der Waals surface area contributed by atoms with Crippen LogP contribution in [0.1, 0.15) is 49.4 Å². The lowest BCUT2D eigenvalue weighted by Crippen LogP contribution is -2.27.